The van der Waals surface area contributed by atoms with Crippen LogP contribution in [0, 0.1) is 11.7 Å². The summed E-state index contributed by atoms with van der Waals surface area (Å²) in [6.45, 7) is 1.58. The molecule has 2 aromatic rings. The van der Waals surface area contributed by atoms with Crippen LogP contribution in [0.2, 0.25) is 10.0 Å². The van der Waals surface area contributed by atoms with Crippen molar-refractivity contribution >= 4 is 29.2 Å². The molecule has 1 N–H and O–H groups in total. The van der Waals surface area contributed by atoms with Gasteiger partial charge in [-0.25, -0.2) is 4.39 Å². The molecule has 4 rings (SSSR count). The summed E-state index contributed by atoms with van der Waals surface area (Å²) in [6.07, 6.45) is 4.36. The van der Waals surface area contributed by atoms with Crippen molar-refractivity contribution in [3.8, 4) is 0 Å². The third kappa shape index (κ3) is 4.51. The summed E-state index contributed by atoms with van der Waals surface area (Å²) in [7, 11) is 0. The van der Waals surface area contributed by atoms with Crippen LogP contribution < -0.4 is 0 Å². The lowest BCUT2D eigenvalue weighted by Gasteiger charge is -2.39. The minimum absolute atomic E-state index is 0.00509. The molecule has 4 atom stereocenters. The molecule has 0 aromatic heterocycles. The largest absolute Gasteiger partial charge is 0.480 e. The summed E-state index contributed by atoms with van der Waals surface area (Å²) in [5, 5.41) is 10.3. The van der Waals surface area contributed by atoms with E-state index >= 15 is 0 Å². The van der Waals surface area contributed by atoms with E-state index in [-0.39, 0.29) is 28.7 Å². The summed E-state index contributed by atoms with van der Waals surface area (Å²) >= 11 is 12.2. The highest BCUT2D eigenvalue weighted by molar-refractivity contribution is 6.31. The molecule has 2 aromatic carbocycles. The van der Waals surface area contributed by atoms with Crippen molar-refractivity contribution in [1.82, 2.24) is 4.90 Å². The van der Waals surface area contributed by atoms with E-state index in [0.29, 0.717) is 22.9 Å². The lowest BCUT2D eigenvalue weighted by atomic mass is 9.68. The monoisotopic (exact) mass is 449 g/mol. The first kappa shape index (κ1) is 21.6. The van der Waals surface area contributed by atoms with Crippen molar-refractivity contribution in [3.05, 3.63) is 69.5 Å². The summed E-state index contributed by atoms with van der Waals surface area (Å²) < 4.78 is 15.0. The van der Waals surface area contributed by atoms with Crippen LogP contribution in [0.1, 0.15) is 55.1 Å². The maximum absolute atomic E-state index is 15.0. The van der Waals surface area contributed by atoms with Gasteiger partial charge in [-0.3, -0.25) is 9.69 Å². The van der Waals surface area contributed by atoms with E-state index in [1.807, 2.05) is 36.4 Å². The van der Waals surface area contributed by atoms with Crippen LogP contribution in [0.4, 0.5) is 4.39 Å². The molecule has 0 amide bonds. The Hall–Kier alpha value is -1.62. The highest BCUT2D eigenvalue weighted by Crippen LogP contribution is 2.48. The Bertz CT molecular complexity index is 905. The number of carbonyl (C=O) groups is 1. The second-order valence-corrected chi connectivity index (χ2v) is 9.42. The fourth-order valence-corrected chi connectivity index (χ4v) is 5.65. The average molecular weight is 450 g/mol. The van der Waals surface area contributed by atoms with Crippen LogP contribution in [0.5, 0.6) is 0 Å². The molecule has 6 heteroatoms. The van der Waals surface area contributed by atoms with Gasteiger partial charge in [0, 0.05) is 11.6 Å². The SMILES string of the molecule is O=C(O)C1CCCN1CC1CCC(c2ccc(Cl)cc2)C(c2cccc(Cl)c2F)C1. The van der Waals surface area contributed by atoms with Gasteiger partial charge in [0.05, 0.1) is 5.02 Å². The zero-order chi connectivity index (χ0) is 21.3. The van der Waals surface area contributed by atoms with Crippen LogP contribution in [0.25, 0.3) is 0 Å². The number of nitrogens with zero attached hydrogens (tertiary/aromatic N) is 1. The molecule has 2 aliphatic rings. The molecule has 1 heterocycles. The van der Waals surface area contributed by atoms with Gasteiger partial charge in [-0.1, -0.05) is 47.5 Å². The van der Waals surface area contributed by atoms with E-state index in [9.17, 15) is 14.3 Å². The molecule has 30 heavy (non-hydrogen) atoms. The Kier molecular flexibility index (Phi) is 6.66. The second kappa shape index (κ2) is 9.25. The second-order valence-electron chi connectivity index (χ2n) is 8.58. The van der Waals surface area contributed by atoms with Crippen LogP contribution >= 0.6 is 23.2 Å². The van der Waals surface area contributed by atoms with Gasteiger partial charge in [0.15, 0.2) is 0 Å². The Morgan fingerprint density at radius 2 is 1.83 bits per heavy atom. The average Bonchev–Trinajstić information content (AvgIpc) is 3.19. The Balaban J connectivity index is 1.60. The number of benzene rings is 2. The quantitative estimate of drug-likeness (QED) is 0.577. The zero-order valence-electron chi connectivity index (χ0n) is 16.7. The van der Waals surface area contributed by atoms with Gasteiger partial charge in [0.2, 0.25) is 0 Å². The molecule has 3 nitrogen and oxygen atoms in total. The first-order valence-electron chi connectivity index (χ1n) is 10.6. The fourth-order valence-electron chi connectivity index (χ4n) is 5.34. The fraction of sp³-hybridized carbons (Fsp3) is 0.458. The smallest absolute Gasteiger partial charge is 0.320 e. The number of halogens is 3. The Morgan fingerprint density at radius 3 is 2.57 bits per heavy atom. The first-order valence-corrected chi connectivity index (χ1v) is 11.4. The van der Waals surface area contributed by atoms with Crippen molar-refractivity contribution < 1.29 is 14.3 Å². The van der Waals surface area contributed by atoms with Gasteiger partial charge >= 0.3 is 5.97 Å². The highest BCUT2D eigenvalue weighted by atomic mass is 35.5. The normalized spacial score (nSPS) is 27.3. The predicted octanol–water partition coefficient (Wildman–Crippen LogP) is 6.35. The maximum atomic E-state index is 15.0. The van der Waals surface area contributed by atoms with Crippen LogP contribution in [-0.2, 0) is 4.79 Å². The van der Waals surface area contributed by atoms with E-state index in [1.54, 1.807) is 6.07 Å². The van der Waals surface area contributed by atoms with Crippen LogP contribution in [0.3, 0.4) is 0 Å². The van der Waals surface area contributed by atoms with Gasteiger partial charge in [-0.2, -0.15) is 0 Å². The molecule has 2 fully saturated rings. The van der Waals surface area contributed by atoms with Gasteiger partial charge in [0.1, 0.15) is 11.9 Å². The molecular weight excluding hydrogens is 424 g/mol. The minimum Gasteiger partial charge on any atom is -0.480 e. The molecule has 1 saturated heterocycles. The van der Waals surface area contributed by atoms with E-state index in [2.05, 4.69) is 4.90 Å². The first-order chi connectivity index (χ1) is 14.4. The van der Waals surface area contributed by atoms with Gasteiger partial charge < -0.3 is 5.11 Å². The number of hydrogen-bond donors (Lipinski definition) is 1. The molecule has 0 spiro atoms. The lowest BCUT2D eigenvalue weighted by molar-refractivity contribution is -0.142. The lowest BCUT2D eigenvalue weighted by Crippen LogP contribution is -2.40. The summed E-state index contributed by atoms with van der Waals surface area (Å²) in [6, 6.07) is 12.7. The molecule has 160 valence electrons. The number of likely N-dealkylation sites (tertiary alicyclic amines) is 1. The Labute approximate surface area is 186 Å². The van der Waals surface area contributed by atoms with Crippen LogP contribution in [-0.4, -0.2) is 35.1 Å². The molecular formula is C24H26Cl2FNO2. The third-order valence-corrected chi connectivity index (χ3v) is 7.32. The standard InChI is InChI=1S/C24H26Cl2FNO2/c25-17-9-7-16(8-10-17)18-11-6-15(14-28-12-2-5-22(28)24(29)30)13-20(18)19-3-1-4-21(26)23(19)27/h1,3-4,7-10,15,18,20,22H,2,5-6,11-14H2,(H,29,30). The maximum Gasteiger partial charge on any atom is 0.320 e. The highest BCUT2D eigenvalue weighted by Gasteiger charge is 2.37. The topological polar surface area (TPSA) is 40.5 Å². The molecule has 1 saturated carbocycles. The summed E-state index contributed by atoms with van der Waals surface area (Å²) in [4.78, 5) is 13.7. The van der Waals surface area contributed by atoms with Crippen LogP contribution in [0.15, 0.2) is 42.5 Å². The summed E-state index contributed by atoms with van der Waals surface area (Å²) in [5.41, 5.74) is 1.81. The number of aliphatic carboxylic acids is 1. The predicted molar refractivity (Wildman–Crippen MR) is 118 cm³/mol. The van der Waals surface area contributed by atoms with E-state index < -0.39 is 5.97 Å². The number of hydrogen-bond acceptors (Lipinski definition) is 2. The van der Waals surface area contributed by atoms with Crippen molar-refractivity contribution in [2.75, 3.05) is 13.1 Å². The van der Waals surface area contributed by atoms with Gasteiger partial charge in [-0.15, -0.1) is 0 Å². The Morgan fingerprint density at radius 1 is 1.07 bits per heavy atom. The van der Waals surface area contributed by atoms with E-state index in [4.69, 9.17) is 23.2 Å². The van der Waals surface area contributed by atoms with E-state index in [0.717, 1.165) is 44.3 Å². The number of carboxylic acid groups (broad SMARTS) is 1. The van der Waals surface area contributed by atoms with Gasteiger partial charge in [-0.05, 0) is 85.7 Å². The molecule has 0 radical (unpaired) electrons. The summed E-state index contributed by atoms with van der Waals surface area (Å²) in [5.74, 6) is -0.570. The minimum atomic E-state index is -0.736. The van der Waals surface area contributed by atoms with E-state index in [1.165, 1.54) is 0 Å². The van der Waals surface area contributed by atoms with Crippen molar-refractivity contribution in [3.63, 3.8) is 0 Å². The molecule has 4 unspecified atom stereocenters. The third-order valence-electron chi connectivity index (χ3n) is 6.78. The zero-order valence-corrected chi connectivity index (χ0v) is 18.2. The van der Waals surface area contributed by atoms with Crippen molar-refractivity contribution in [1.29, 1.82) is 0 Å². The molecule has 1 aliphatic carbocycles. The van der Waals surface area contributed by atoms with Gasteiger partial charge in [0.25, 0.3) is 0 Å². The van der Waals surface area contributed by atoms with Crippen molar-refractivity contribution in [2.24, 2.45) is 5.92 Å². The number of carboxylic acids is 1. The number of rotatable bonds is 5. The molecule has 0 bridgehead atoms. The van der Waals surface area contributed by atoms with Crippen molar-refractivity contribution in [2.45, 2.75) is 50.0 Å². The molecule has 1 aliphatic heterocycles.